The maximum absolute atomic E-state index is 13.0. The molecule has 0 aromatic heterocycles. The molecule has 3 aromatic carbocycles. The molecule has 0 atom stereocenters. The summed E-state index contributed by atoms with van der Waals surface area (Å²) in [5.74, 6) is -0.133. The molecule has 0 unspecified atom stereocenters. The number of amides is 1. The van der Waals surface area contributed by atoms with Crippen LogP contribution in [0.1, 0.15) is 29.5 Å². The zero-order valence-electron chi connectivity index (χ0n) is 20.2. The molecule has 0 spiro atoms. The number of rotatable bonds is 6. The van der Waals surface area contributed by atoms with Crippen LogP contribution in [0.5, 0.6) is 0 Å². The highest BCUT2D eigenvalue weighted by Crippen LogP contribution is 2.38. The van der Waals surface area contributed by atoms with Crippen molar-refractivity contribution in [2.75, 3.05) is 37.8 Å². The van der Waals surface area contributed by atoms with Crippen molar-refractivity contribution >= 4 is 40.2 Å². The third-order valence-electron chi connectivity index (χ3n) is 6.96. The van der Waals surface area contributed by atoms with Crippen molar-refractivity contribution in [1.29, 1.82) is 0 Å². The number of fused-ring (bicyclic) bond motifs is 1. The Kier molecular flexibility index (Phi) is 6.91. The van der Waals surface area contributed by atoms with Crippen LogP contribution in [0.15, 0.2) is 72.8 Å². The Hall–Kier alpha value is -3.12. The molecule has 5 nitrogen and oxygen atoms in total. The number of likely N-dealkylation sites (tertiary alicyclic amines) is 1. The van der Waals surface area contributed by atoms with Crippen molar-refractivity contribution < 1.29 is 4.79 Å². The Labute approximate surface area is 212 Å². The maximum atomic E-state index is 13.0. The zero-order valence-corrected chi connectivity index (χ0v) is 21.0. The van der Waals surface area contributed by atoms with Crippen LogP contribution in [0.4, 0.5) is 11.4 Å². The van der Waals surface area contributed by atoms with E-state index in [1.54, 1.807) is 6.07 Å². The molecule has 1 amide bonds. The summed E-state index contributed by atoms with van der Waals surface area (Å²) in [5, 5.41) is 7.10. The molecule has 0 radical (unpaired) electrons. The molecule has 0 aliphatic carbocycles. The molecule has 0 saturated carbocycles. The molecule has 35 heavy (non-hydrogen) atoms. The van der Waals surface area contributed by atoms with Crippen LogP contribution >= 0.6 is 11.6 Å². The Morgan fingerprint density at radius 1 is 1.03 bits per heavy atom. The maximum Gasteiger partial charge on any atom is 0.258 e. The summed E-state index contributed by atoms with van der Waals surface area (Å²) in [6.07, 6.45) is 2.44. The van der Waals surface area contributed by atoms with Gasteiger partial charge in [-0.2, -0.15) is 0 Å². The van der Waals surface area contributed by atoms with E-state index in [2.05, 4.69) is 58.8 Å². The summed E-state index contributed by atoms with van der Waals surface area (Å²) in [5.41, 5.74) is 6.18. The van der Waals surface area contributed by atoms with Crippen LogP contribution in [0.2, 0.25) is 5.02 Å². The standard InChI is InChI=1S/C29H31ClN4O/c1-33(2)24-14-16-34(17-15-24)19-20-8-11-23(12-9-20)31-28(21-6-4-3-5-7-21)27-25-13-10-22(30)18-26(25)32-29(27)35/h3-13,18,24,31H,14-17,19H2,1-2H3,(H,32,35). The van der Waals surface area contributed by atoms with Crippen molar-refractivity contribution in [2.24, 2.45) is 0 Å². The second-order valence-electron chi connectivity index (χ2n) is 9.55. The van der Waals surface area contributed by atoms with Crippen molar-refractivity contribution in [3.05, 3.63) is 94.5 Å². The summed E-state index contributed by atoms with van der Waals surface area (Å²) in [6.45, 7) is 3.22. The SMILES string of the molecule is CN(C)C1CCN(Cc2ccc(NC(=C3C(=O)Nc4cc(Cl)ccc43)c3ccccc3)cc2)CC1. The van der Waals surface area contributed by atoms with Gasteiger partial charge in [0.1, 0.15) is 0 Å². The predicted molar refractivity (Wildman–Crippen MR) is 145 cm³/mol. The van der Waals surface area contributed by atoms with E-state index in [1.165, 1.54) is 18.4 Å². The molecule has 2 aliphatic heterocycles. The molecule has 3 aromatic rings. The fourth-order valence-corrected chi connectivity index (χ4v) is 5.14. The highest BCUT2D eigenvalue weighted by molar-refractivity contribution is 6.38. The summed E-state index contributed by atoms with van der Waals surface area (Å²) in [4.78, 5) is 17.9. The number of piperidine rings is 1. The number of halogens is 1. The predicted octanol–water partition coefficient (Wildman–Crippen LogP) is 5.80. The lowest BCUT2D eigenvalue weighted by Gasteiger charge is -2.35. The van der Waals surface area contributed by atoms with E-state index in [4.69, 9.17) is 11.6 Å². The normalized spacial score (nSPS) is 17.9. The lowest BCUT2D eigenvalue weighted by Crippen LogP contribution is -2.41. The van der Waals surface area contributed by atoms with Gasteiger partial charge in [0.15, 0.2) is 0 Å². The fourth-order valence-electron chi connectivity index (χ4n) is 4.97. The molecule has 5 rings (SSSR count). The van der Waals surface area contributed by atoms with Crippen molar-refractivity contribution in [2.45, 2.75) is 25.4 Å². The van der Waals surface area contributed by atoms with Gasteiger partial charge in [-0.1, -0.05) is 60.1 Å². The number of nitrogens with one attached hydrogen (secondary N) is 2. The van der Waals surface area contributed by atoms with Gasteiger partial charge in [0.25, 0.3) is 5.91 Å². The molecule has 2 heterocycles. The third kappa shape index (κ3) is 5.27. The van der Waals surface area contributed by atoms with Gasteiger partial charge in [0.05, 0.1) is 17.0 Å². The van der Waals surface area contributed by atoms with E-state index in [-0.39, 0.29) is 5.91 Å². The number of anilines is 2. The molecule has 2 N–H and O–H groups in total. The van der Waals surface area contributed by atoms with Crippen LogP contribution in [-0.2, 0) is 11.3 Å². The minimum absolute atomic E-state index is 0.133. The van der Waals surface area contributed by atoms with Gasteiger partial charge in [-0.3, -0.25) is 9.69 Å². The van der Waals surface area contributed by atoms with Crippen molar-refractivity contribution in [1.82, 2.24) is 9.80 Å². The molecular formula is C29H31ClN4O. The monoisotopic (exact) mass is 486 g/mol. The minimum atomic E-state index is -0.133. The number of nitrogens with zero attached hydrogens (tertiary/aromatic N) is 2. The number of hydrogen-bond acceptors (Lipinski definition) is 4. The van der Waals surface area contributed by atoms with Crippen LogP contribution in [0.25, 0.3) is 11.3 Å². The van der Waals surface area contributed by atoms with E-state index >= 15 is 0 Å². The van der Waals surface area contributed by atoms with E-state index < -0.39 is 0 Å². The van der Waals surface area contributed by atoms with Gasteiger partial charge < -0.3 is 15.5 Å². The second-order valence-corrected chi connectivity index (χ2v) is 9.99. The lowest BCUT2D eigenvalue weighted by atomic mass is 10.00. The van der Waals surface area contributed by atoms with Crippen molar-refractivity contribution in [3.8, 4) is 0 Å². The average Bonchev–Trinajstić information content (AvgIpc) is 3.19. The summed E-state index contributed by atoms with van der Waals surface area (Å²) in [7, 11) is 4.35. The van der Waals surface area contributed by atoms with E-state index in [0.29, 0.717) is 16.6 Å². The number of benzene rings is 3. The summed E-state index contributed by atoms with van der Waals surface area (Å²) in [6, 6.07) is 24.7. The minimum Gasteiger partial charge on any atom is -0.354 e. The van der Waals surface area contributed by atoms with E-state index in [9.17, 15) is 4.79 Å². The Balaban J connectivity index is 1.38. The fraction of sp³-hybridized carbons (Fsp3) is 0.276. The molecule has 1 saturated heterocycles. The largest absolute Gasteiger partial charge is 0.354 e. The second kappa shape index (κ2) is 10.2. The first-order chi connectivity index (χ1) is 17.0. The van der Waals surface area contributed by atoms with Crippen LogP contribution in [0.3, 0.4) is 0 Å². The Morgan fingerprint density at radius 3 is 2.43 bits per heavy atom. The third-order valence-corrected chi connectivity index (χ3v) is 7.19. The summed E-state index contributed by atoms with van der Waals surface area (Å²) < 4.78 is 0. The van der Waals surface area contributed by atoms with E-state index in [0.717, 1.165) is 47.8 Å². The smallest absolute Gasteiger partial charge is 0.258 e. The Morgan fingerprint density at radius 2 is 1.74 bits per heavy atom. The Bertz CT molecular complexity index is 1230. The van der Waals surface area contributed by atoms with Crippen molar-refractivity contribution in [3.63, 3.8) is 0 Å². The first-order valence-corrected chi connectivity index (χ1v) is 12.5. The van der Waals surface area contributed by atoms with Gasteiger partial charge in [-0.15, -0.1) is 0 Å². The number of hydrogen-bond donors (Lipinski definition) is 2. The quantitative estimate of drug-likeness (QED) is 0.432. The van der Waals surface area contributed by atoms with Crippen LogP contribution < -0.4 is 10.6 Å². The molecule has 180 valence electrons. The summed E-state index contributed by atoms with van der Waals surface area (Å²) >= 11 is 6.16. The van der Waals surface area contributed by atoms with Gasteiger partial charge >= 0.3 is 0 Å². The van der Waals surface area contributed by atoms with Crippen LogP contribution in [-0.4, -0.2) is 48.9 Å². The average molecular weight is 487 g/mol. The highest BCUT2D eigenvalue weighted by atomic mass is 35.5. The molecule has 2 aliphatic rings. The molecule has 6 heteroatoms. The zero-order chi connectivity index (χ0) is 24.4. The first-order valence-electron chi connectivity index (χ1n) is 12.1. The van der Waals surface area contributed by atoms with Gasteiger partial charge in [0, 0.05) is 28.9 Å². The van der Waals surface area contributed by atoms with Crippen LogP contribution in [0, 0.1) is 0 Å². The van der Waals surface area contributed by atoms with Gasteiger partial charge in [0.2, 0.25) is 0 Å². The first kappa shape index (κ1) is 23.6. The number of carbonyl (C=O) groups is 1. The molecule has 0 bridgehead atoms. The van der Waals surface area contributed by atoms with E-state index in [1.807, 2.05) is 42.5 Å². The van der Waals surface area contributed by atoms with Gasteiger partial charge in [-0.25, -0.2) is 0 Å². The van der Waals surface area contributed by atoms with Gasteiger partial charge in [-0.05, 0) is 75.4 Å². The highest BCUT2D eigenvalue weighted by Gasteiger charge is 2.28. The lowest BCUT2D eigenvalue weighted by molar-refractivity contribution is -0.110. The molecule has 1 fully saturated rings. The number of carbonyl (C=O) groups excluding carboxylic acids is 1. The topological polar surface area (TPSA) is 47.6 Å². The molecular weight excluding hydrogens is 456 g/mol.